The fraction of sp³-hybridized carbons (Fsp3) is 0.824. The molecule has 0 bridgehead atoms. The average molecular weight is 282 g/mol. The molecule has 1 aliphatic rings. The molecule has 1 heterocycles. The zero-order valence-electron chi connectivity index (χ0n) is 13.6. The summed E-state index contributed by atoms with van der Waals surface area (Å²) in [5.41, 5.74) is -0.486. The number of hydrogen-bond donors (Lipinski definition) is 0. The van der Waals surface area contributed by atoms with Crippen LogP contribution in [0.25, 0.3) is 0 Å². The second-order valence-electron chi connectivity index (χ2n) is 6.65. The number of ether oxygens (including phenoxy) is 2. The third kappa shape index (κ3) is 5.28. The van der Waals surface area contributed by atoms with Crippen LogP contribution < -0.4 is 0 Å². The smallest absolute Gasteiger partial charge is 0.313 e. The summed E-state index contributed by atoms with van der Waals surface area (Å²) in [5, 5.41) is 0. The van der Waals surface area contributed by atoms with Crippen LogP contribution in [0.3, 0.4) is 0 Å². The largest absolute Gasteiger partial charge is 0.435 e. The van der Waals surface area contributed by atoms with Gasteiger partial charge in [-0.1, -0.05) is 45.3 Å². The van der Waals surface area contributed by atoms with Gasteiger partial charge in [0.05, 0.1) is 11.5 Å². The molecule has 3 nitrogen and oxygen atoms in total. The number of carbonyl (C=O) groups excluding carboxylic acids is 1. The van der Waals surface area contributed by atoms with Crippen LogP contribution in [0, 0.1) is 11.3 Å². The van der Waals surface area contributed by atoms with E-state index in [-0.39, 0.29) is 18.0 Å². The highest BCUT2D eigenvalue weighted by Gasteiger charge is 2.33. The zero-order valence-corrected chi connectivity index (χ0v) is 13.6. The van der Waals surface area contributed by atoms with E-state index in [0.717, 1.165) is 19.3 Å². The van der Waals surface area contributed by atoms with Crippen molar-refractivity contribution in [1.82, 2.24) is 0 Å². The molecule has 1 rings (SSSR count). The minimum atomic E-state index is -0.486. The van der Waals surface area contributed by atoms with Crippen LogP contribution in [0.2, 0.25) is 0 Å². The number of hydrogen-bond acceptors (Lipinski definition) is 3. The first-order valence-electron chi connectivity index (χ1n) is 7.93. The molecule has 0 amide bonds. The van der Waals surface area contributed by atoms with Crippen molar-refractivity contribution in [3.8, 4) is 0 Å². The molecule has 0 fully saturated rings. The Balaban J connectivity index is 2.59. The van der Waals surface area contributed by atoms with E-state index in [9.17, 15) is 4.79 Å². The molecule has 3 heteroatoms. The minimum Gasteiger partial charge on any atom is -0.435 e. The molecule has 1 aliphatic heterocycles. The van der Waals surface area contributed by atoms with Gasteiger partial charge in [0.2, 0.25) is 6.29 Å². The highest BCUT2D eigenvalue weighted by atomic mass is 16.7. The fourth-order valence-electron chi connectivity index (χ4n) is 2.16. The van der Waals surface area contributed by atoms with Gasteiger partial charge in [-0.2, -0.15) is 0 Å². The lowest BCUT2D eigenvalue weighted by atomic mass is 9.96. The number of rotatable bonds is 6. The van der Waals surface area contributed by atoms with Crippen molar-refractivity contribution < 1.29 is 14.3 Å². The van der Waals surface area contributed by atoms with Gasteiger partial charge in [-0.3, -0.25) is 4.79 Å². The van der Waals surface area contributed by atoms with Gasteiger partial charge >= 0.3 is 5.97 Å². The van der Waals surface area contributed by atoms with Crippen LogP contribution in [0.5, 0.6) is 0 Å². The lowest BCUT2D eigenvalue weighted by Crippen LogP contribution is -2.38. The Morgan fingerprint density at radius 1 is 1.20 bits per heavy atom. The second-order valence-corrected chi connectivity index (χ2v) is 6.65. The fourth-order valence-corrected chi connectivity index (χ4v) is 2.16. The average Bonchev–Trinajstić information content (AvgIpc) is 2.38. The minimum absolute atomic E-state index is 0.0853. The summed E-state index contributed by atoms with van der Waals surface area (Å²) in [6.07, 6.45) is 9.44. The molecular formula is C17H30O3. The van der Waals surface area contributed by atoms with E-state index in [1.165, 1.54) is 12.8 Å². The third-order valence-electron chi connectivity index (χ3n) is 3.63. The van der Waals surface area contributed by atoms with Crippen molar-refractivity contribution in [3.05, 3.63) is 12.2 Å². The lowest BCUT2D eigenvalue weighted by Gasteiger charge is -2.33. The third-order valence-corrected chi connectivity index (χ3v) is 3.63. The Morgan fingerprint density at radius 2 is 1.90 bits per heavy atom. The van der Waals surface area contributed by atoms with Crippen LogP contribution in [0.1, 0.15) is 66.7 Å². The van der Waals surface area contributed by atoms with Crippen molar-refractivity contribution in [2.75, 3.05) is 0 Å². The number of esters is 1. The molecule has 0 aromatic heterocycles. The maximum atomic E-state index is 12.0. The maximum absolute atomic E-state index is 12.0. The van der Waals surface area contributed by atoms with Gasteiger partial charge in [-0.25, -0.2) is 0 Å². The predicted octanol–water partition coefficient (Wildman–Crippen LogP) is 4.46. The summed E-state index contributed by atoms with van der Waals surface area (Å²) in [7, 11) is 0. The zero-order chi connectivity index (χ0) is 15.2. The maximum Gasteiger partial charge on any atom is 0.313 e. The standard InChI is InChI=1S/C17H30O3/c1-6-8-9-10-14-12-11-13(7-2)15(19-14)20-16(18)17(3,4)5/h11-15H,6-10H2,1-5H3/t13-,14+,15+/m0/s1. The Kier molecular flexibility index (Phi) is 6.74. The Labute approximate surface area is 123 Å². The van der Waals surface area contributed by atoms with E-state index in [4.69, 9.17) is 9.47 Å². The van der Waals surface area contributed by atoms with Crippen LogP contribution in [-0.2, 0) is 14.3 Å². The molecule has 0 aromatic rings. The topological polar surface area (TPSA) is 35.5 Å². The van der Waals surface area contributed by atoms with Crippen LogP contribution in [0.4, 0.5) is 0 Å². The van der Waals surface area contributed by atoms with E-state index in [0.29, 0.717) is 0 Å². The highest BCUT2D eigenvalue weighted by molar-refractivity contribution is 5.75. The van der Waals surface area contributed by atoms with Crippen molar-refractivity contribution in [1.29, 1.82) is 0 Å². The first kappa shape index (κ1) is 17.2. The van der Waals surface area contributed by atoms with E-state index in [1.54, 1.807) is 0 Å². The summed E-state index contributed by atoms with van der Waals surface area (Å²) in [6.45, 7) is 9.89. The summed E-state index contributed by atoms with van der Waals surface area (Å²) >= 11 is 0. The Hall–Kier alpha value is -0.830. The lowest BCUT2D eigenvalue weighted by molar-refractivity contribution is -0.207. The highest BCUT2D eigenvalue weighted by Crippen LogP contribution is 2.27. The normalized spacial score (nSPS) is 26.6. The Morgan fingerprint density at radius 3 is 2.45 bits per heavy atom. The molecule has 0 aliphatic carbocycles. The van der Waals surface area contributed by atoms with E-state index in [1.807, 2.05) is 20.8 Å². The molecule has 0 aromatic carbocycles. The summed E-state index contributed by atoms with van der Waals surface area (Å²) in [6, 6.07) is 0. The molecule has 0 saturated heterocycles. The second kappa shape index (κ2) is 7.82. The van der Waals surface area contributed by atoms with Gasteiger partial charge in [-0.15, -0.1) is 0 Å². The summed E-state index contributed by atoms with van der Waals surface area (Å²) < 4.78 is 11.6. The summed E-state index contributed by atoms with van der Waals surface area (Å²) in [4.78, 5) is 12.0. The number of carbonyl (C=O) groups is 1. The monoisotopic (exact) mass is 282 g/mol. The predicted molar refractivity (Wildman–Crippen MR) is 81.3 cm³/mol. The van der Waals surface area contributed by atoms with Gasteiger partial charge in [0.25, 0.3) is 0 Å². The van der Waals surface area contributed by atoms with Crippen molar-refractivity contribution >= 4 is 5.97 Å². The van der Waals surface area contributed by atoms with Gasteiger partial charge in [0.1, 0.15) is 0 Å². The van der Waals surface area contributed by atoms with Gasteiger partial charge in [-0.05, 0) is 33.6 Å². The molecule has 3 atom stereocenters. The Bertz CT molecular complexity index is 328. The van der Waals surface area contributed by atoms with Crippen LogP contribution in [0.15, 0.2) is 12.2 Å². The quantitative estimate of drug-likeness (QED) is 0.410. The SMILES string of the molecule is CCCCC[C@@H]1C=C[C@H](CC)[C@@H](OC(=O)C(C)(C)C)O1. The molecular weight excluding hydrogens is 252 g/mol. The molecule has 0 saturated carbocycles. The molecule has 0 radical (unpaired) electrons. The number of unbranched alkanes of at least 4 members (excludes halogenated alkanes) is 2. The van der Waals surface area contributed by atoms with Crippen LogP contribution in [-0.4, -0.2) is 18.4 Å². The van der Waals surface area contributed by atoms with Gasteiger partial charge in [0.15, 0.2) is 0 Å². The van der Waals surface area contributed by atoms with E-state index < -0.39 is 11.7 Å². The first-order valence-corrected chi connectivity index (χ1v) is 7.93. The van der Waals surface area contributed by atoms with E-state index >= 15 is 0 Å². The molecule has 0 unspecified atom stereocenters. The first-order chi connectivity index (χ1) is 9.38. The van der Waals surface area contributed by atoms with Gasteiger partial charge in [0, 0.05) is 5.92 Å². The van der Waals surface area contributed by atoms with Gasteiger partial charge < -0.3 is 9.47 Å². The van der Waals surface area contributed by atoms with Crippen molar-refractivity contribution in [3.63, 3.8) is 0 Å². The summed E-state index contributed by atoms with van der Waals surface area (Å²) in [5.74, 6) is -0.0210. The molecule has 116 valence electrons. The van der Waals surface area contributed by atoms with E-state index in [2.05, 4.69) is 26.0 Å². The van der Waals surface area contributed by atoms with Crippen LogP contribution >= 0.6 is 0 Å². The molecule has 0 N–H and O–H groups in total. The molecule has 20 heavy (non-hydrogen) atoms. The van der Waals surface area contributed by atoms with Crippen molar-refractivity contribution in [2.45, 2.75) is 79.1 Å². The van der Waals surface area contributed by atoms with Crippen molar-refractivity contribution in [2.24, 2.45) is 11.3 Å². The molecule has 0 spiro atoms.